The summed E-state index contributed by atoms with van der Waals surface area (Å²) in [6.45, 7) is 12.2. The molecule has 2 aliphatic rings. The molecule has 1 aromatic carbocycles. The number of amides is 2. The van der Waals surface area contributed by atoms with E-state index in [0.29, 0.717) is 18.0 Å². The third kappa shape index (κ3) is 4.13. The van der Waals surface area contributed by atoms with E-state index in [1.165, 1.54) is 5.56 Å². The molecule has 150 valence electrons. The van der Waals surface area contributed by atoms with Crippen LogP contribution in [0.4, 0.5) is 9.18 Å². The van der Waals surface area contributed by atoms with Crippen molar-refractivity contribution in [3.8, 4) is 0 Å². The highest BCUT2D eigenvalue weighted by molar-refractivity contribution is 5.74. The van der Waals surface area contributed by atoms with Gasteiger partial charge in [-0.25, -0.2) is 9.18 Å². The Kier molecular flexibility index (Phi) is 6.09. The van der Waals surface area contributed by atoms with Crippen LogP contribution in [0.3, 0.4) is 0 Å². The van der Waals surface area contributed by atoms with E-state index in [-0.39, 0.29) is 17.3 Å². The van der Waals surface area contributed by atoms with Gasteiger partial charge in [-0.2, -0.15) is 0 Å². The average Bonchev–Trinajstić information content (AvgIpc) is 2.65. The monoisotopic (exact) mass is 375 g/mol. The number of piperidine rings is 1. The maximum absolute atomic E-state index is 13.4. The molecule has 1 N–H and O–H groups in total. The predicted octanol–water partition coefficient (Wildman–Crippen LogP) is 4.43. The fourth-order valence-corrected chi connectivity index (χ4v) is 4.56. The zero-order valence-corrected chi connectivity index (χ0v) is 17.2. The lowest BCUT2D eigenvalue weighted by atomic mass is 9.62. The molecule has 0 saturated carbocycles. The van der Waals surface area contributed by atoms with Gasteiger partial charge in [0.2, 0.25) is 0 Å². The Hall–Kier alpha value is -1.62. The van der Waals surface area contributed by atoms with Crippen molar-refractivity contribution >= 4 is 6.03 Å². The molecule has 1 unspecified atom stereocenters. The summed E-state index contributed by atoms with van der Waals surface area (Å²) in [6.07, 6.45) is 3.10. The van der Waals surface area contributed by atoms with Gasteiger partial charge in [0.15, 0.2) is 0 Å². The van der Waals surface area contributed by atoms with E-state index < -0.39 is 0 Å². The van der Waals surface area contributed by atoms with Gasteiger partial charge < -0.3 is 10.2 Å². The first-order valence-corrected chi connectivity index (χ1v) is 10.4. The smallest absolute Gasteiger partial charge is 0.317 e. The summed E-state index contributed by atoms with van der Waals surface area (Å²) < 4.78 is 13.4. The molecule has 27 heavy (non-hydrogen) atoms. The summed E-state index contributed by atoms with van der Waals surface area (Å²) in [5.74, 6) is 0.329. The van der Waals surface area contributed by atoms with Gasteiger partial charge in [0.05, 0.1) is 0 Å². The van der Waals surface area contributed by atoms with E-state index in [2.05, 4.69) is 37.9 Å². The third-order valence-corrected chi connectivity index (χ3v) is 6.60. The summed E-state index contributed by atoms with van der Waals surface area (Å²) in [5.41, 5.74) is 1.40. The normalized spacial score (nSPS) is 23.3. The Morgan fingerprint density at radius 3 is 2.41 bits per heavy atom. The molecule has 2 atom stereocenters. The van der Waals surface area contributed by atoms with Crippen LogP contribution in [0.2, 0.25) is 0 Å². The Morgan fingerprint density at radius 1 is 1.22 bits per heavy atom. The van der Waals surface area contributed by atoms with Gasteiger partial charge >= 0.3 is 6.03 Å². The van der Waals surface area contributed by atoms with E-state index in [1.807, 2.05) is 17.0 Å². The number of halogens is 1. The second-order valence-corrected chi connectivity index (χ2v) is 8.77. The lowest BCUT2D eigenvalue weighted by Crippen LogP contribution is -2.64. The fourth-order valence-electron chi connectivity index (χ4n) is 4.56. The lowest BCUT2D eigenvalue weighted by molar-refractivity contribution is -0.123. The van der Waals surface area contributed by atoms with E-state index in [0.717, 1.165) is 45.4 Å². The van der Waals surface area contributed by atoms with Crippen molar-refractivity contribution in [2.24, 2.45) is 11.3 Å². The van der Waals surface area contributed by atoms with Crippen molar-refractivity contribution in [3.05, 3.63) is 35.6 Å². The van der Waals surface area contributed by atoms with Crippen molar-refractivity contribution in [2.45, 2.75) is 59.0 Å². The fraction of sp³-hybridized carbons (Fsp3) is 0.682. The lowest BCUT2D eigenvalue weighted by Gasteiger charge is -2.62. The van der Waals surface area contributed by atoms with Crippen LogP contribution >= 0.6 is 0 Å². The van der Waals surface area contributed by atoms with Gasteiger partial charge in [-0.1, -0.05) is 32.4 Å². The topological polar surface area (TPSA) is 35.6 Å². The van der Waals surface area contributed by atoms with Gasteiger partial charge in [0.25, 0.3) is 0 Å². The van der Waals surface area contributed by atoms with E-state index in [1.54, 1.807) is 12.1 Å². The SMILES string of the molecule is CC[C@H](C)CNC(=O)N1CCC2(CC1)CN(C(C)C)C2c1ccc(F)cc1. The maximum Gasteiger partial charge on any atom is 0.317 e. The predicted molar refractivity (Wildman–Crippen MR) is 107 cm³/mol. The van der Waals surface area contributed by atoms with Crippen molar-refractivity contribution in [1.29, 1.82) is 0 Å². The van der Waals surface area contributed by atoms with Crippen LogP contribution in [0.15, 0.2) is 24.3 Å². The third-order valence-electron chi connectivity index (χ3n) is 6.60. The van der Waals surface area contributed by atoms with Crippen LogP contribution in [0.1, 0.15) is 58.6 Å². The Bertz CT molecular complexity index is 637. The average molecular weight is 376 g/mol. The molecule has 0 aromatic heterocycles. The molecular weight excluding hydrogens is 341 g/mol. The molecular formula is C22H34FN3O. The number of nitrogens with zero attached hydrogens (tertiary/aromatic N) is 2. The summed E-state index contributed by atoms with van der Waals surface area (Å²) in [6, 6.07) is 7.85. The van der Waals surface area contributed by atoms with Crippen LogP contribution in [0.25, 0.3) is 0 Å². The summed E-state index contributed by atoms with van der Waals surface area (Å²) >= 11 is 0. The van der Waals surface area contributed by atoms with Crippen LogP contribution in [0.5, 0.6) is 0 Å². The second kappa shape index (κ2) is 8.17. The number of nitrogens with one attached hydrogen (secondary N) is 1. The largest absolute Gasteiger partial charge is 0.338 e. The van der Waals surface area contributed by atoms with E-state index in [4.69, 9.17) is 0 Å². The van der Waals surface area contributed by atoms with Gasteiger partial charge in [-0.15, -0.1) is 0 Å². The first-order valence-electron chi connectivity index (χ1n) is 10.4. The molecule has 3 rings (SSSR count). The Balaban J connectivity index is 1.65. The number of likely N-dealkylation sites (tertiary alicyclic amines) is 2. The Labute approximate surface area is 163 Å². The van der Waals surface area contributed by atoms with Crippen LogP contribution in [0, 0.1) is 17.2 Å². The van der Waals surface area contributed by atoms with Crippen LogP contribution in [-0.2, 0) is 0 Å². The first kappa shape index (κ1) is 20.1. The number of rotatable bonds is 5. The molecule has 5 heteroatoms. The molecule has 0 radical (unpaired) electrons. The quantitative estimate of drug-likeness (QED) is 0.826. The van der Waals surface area contributed by atoms with Crippen LogP contribution < -0.4 is 5.32 Å². The first-order chi connectivity index (χ1) is 12.9. The Morgan fingerprint density at radius 2 is 1.85 bits per heavy atom. The van der Waals surface area contributed by atoms with E-state index in [9.17, 15) is 9.18 Å². The number of carbonyl (C=O) groups excluding carboxylic acids is 1. The molecule has 1 aromatic rings. The standard InChI is InChI=1S/C22H34FN3O/c1-5-17(4)14-24-21(27)25-12-10-22(11-13-25)15-26(16(2)3)20(22)18-6-8-19(23)9-7-18/h6-9,16-17,20H,5,10-15H2,1-4H3,(H,24,27)/t17-,20?/m0/s1. The molecule has 2 saturated heterocycles. The number of benzene rings is 1. The molecule has 2 aliphatic heterocycles. The zero-order chi connectivity index (χ0) is 19.6. The highest BCUT2D eigenvalue weighted by Gasteiger charge is 2.54. The molecule has 0 bridgehead atoms. The molecule has 0 aliphatic carbocycles. The molecule has 4 nitrogen and oxygen atoms in total. The molecule has 2 fully saturated rings. The summed E-state index contributed by atoms with van der Waals surface area (Å²) in [7, 11) is 0. The number of hydrogen-bond acceptors (Lipinski definition) is 2. The number of carbonyl (C=O) groups is 1. The minimum Gasteiger partial charge on any atom is -0.338 e. The second-order valence-electron chi connectivity index (χ2n) is 8.77. The number of hydrogen-bond donors (Lipinski definition) is 1. The van der Waals surface area contributed by atoms with Crippen molar-refractivity contribution in [2.75, 3.05) is 26.2 Å². The van der Waals surface area contributed by atoms with Crippen molar-refractivity contribution in [1.82, 2.24) is 15.1 Å². The molecule has 2 amide bonds. The van der Waals surface area contributed by atoms with Crippen molar-refractivity contribution < 1.29 is 9.18 Å². The highest BCUT2D eigenvalue weighted by atomic mass is 19.1. The van der Waals surface area contributed by atoms with Gasteiger partial charge in [0.1, 0.15) is 5.82 Å². The summed E-state index contributed by atoms with van der Waals surface area (Å²) in [5, 5.41) is 3.08. The minimum atomic E-state index is -0.184. The van der Waals surface area contributed by atoms with Crippen LogP contribution in [-0.4, -0.2) is 48.1 Å². The maximum atomic E-state index is 13.4. The summed E-state index contributed by atoms with van der Waals surface area (Å²) in [4.78, 5) is 16.9. The minimum absolute atomic E-state index is 0.0727. The van der Waals surface area contributed by atoms with Crippen molar-refractivity contribution in [3.63, 3.8) is 0 Å². The van der Waals surface area contributed by atoms with E-state index >= 15 is 0 Å². The van der Waals surface area contributed by atoms with Gasteiger partial charge in [-0.3, -0.25) is 4.90 Å². The molecule has 1 spiro atoms. The van der Waals surface area contributed by atoms with Gasteiger partial charge in [-0.05, 0) is 50.3 Å². The van der Waals surface area contributed by atoms with Gasteiger partial charge in [0, 0.05) is 43.7 Å². The molecule has 2 heterocycles. The highest BCUT2D eigenvalue weighted by Crippen LogP contribution is 2.55. The number of urea groups is 1. The zero-order valence-electron chi connectivity index (χ0n) is 17.2.